The predicted octanol–water partition coefficient (Wildman–Crippen LogP) is 3.55. The lowest BCUT2D eigenvalue weighted by molar-refractivity contribution is -0.142. The smallest absolute Gasteiger partial charge is 0.282 e. The highest BCUT2D eigenvalue weighted by atomic mass is 32.1. The minimum atomic E-state index is -1.12. The maximum absolute atomic E-state index is 14.1. The van der Waals surface area contributed by atoms with Gasteiger partial charge in [0.05, 0.1) is 23.2 Å². The normalized spacial score (nSPS) is 19.8. The average Bonchev–Trinajstić information content (AvgIpc) is 3.74. The highest BCUT2D eigenvalue weighted by Gasteiger charge is 2.42. The molecule has 12 heteroatoms. The molecule has 2 saturated heterocycles. The number of pyridine rings is 1. The highest BCUT2D eigenvalue weighted by Crippen LogP contribution is 2.36. The van der Waals surface area contributed by atoms with Gasteiger partial charge in [-0.1, -0.05) is 30.3 Å². The van der Waals surface area contributed by atoms with Crippen molar-refractivity contribution in [2.45, 2.75) is 37.3 Å². The van der Waals surface area contributed by atoms with Gasteiger partial charge in [0.2, 0.25) is 5.91 Å². The Morgan fingerprint density at radius 2 is 1.85 bits per heavy atom. The SMILES string of the molecule is Cn1ccc2c(=O)n(CC3(O)CCN(C(=O)[C@@H]4CCN(C(=O)c5nc(-c6cccnc6)cs5)C[C@H]4c4ccccc4)CC3)cnc21. The number of aliphatic hydroxyl groups is 1. The summed E-state index contributed by atoms with van der Waals surface area (Å²) in [7, 11) is 1.84. The lowest BCUT2D eigenvalue weighted by Gasteiger charge is -2.43. The Morgan fingerprint density at radius 1 is 1.04 bits per heavy atom. The number of likely N-dealkylation sites (tertiary alicyclic amines) is 2. The third kappa shape index (κ3) is 5.74. The fourth-order valence-electron chi connectivity index (χ4n) is 6.77. The van der Waals surface area contributed by atoms with E-state index in [0.717, 1.165) is 16.8 Å². The zero-order chi connectivity index (χ0) is 31.8. The monoisotopic (exact) mass is 637 g/mol. The molecular weight excluding hydrogens is 602 g/mol. The van der Waals surface area contributed by atoms with E-state index in [1.807, 2.05) is 64.7 Å². The average molecular weight is 638 g/mol. The summed E-state index contributed by atoms with van der Waals surface area (Å²) >= 11 is 1.32. The van der Waals surface area contributed by atoms with Crippen molar-refractivity contribution in [3.63, 3.8) is 0 Å². The molecule has 0 radical (unpaired) electrons. The standard InChI is InChI=1S/C34H35N7O4S/c1-38-14-9-26-29(38)36-22-41(32(26)43)21-34(45)11-16-39(17-12-34)31(42)25-10-15-40(19-27(25)23-6-3-2-4-7-23)33(44)30-37-28(20-46-30)24-8-5-13-35-18-24/h2-9,13-14,18,20,22,25,27,45H,10-12,15-17,19,21H2,1H3/t25-,27+/m1/s1. The molecule has 11 nitrogen and oxygen atoms in total. The topological polar surface area (TPSA) is 126 Å². The lowest BCUT2D eigenvalue weighted by atomic mass is 9.79. The lowest BCUT2D eigenvalue weighted by Crippen LogP contribution is -2.53. The summed E-state index contributed by atoms with van der Waals surface area (Å²) in [6.45, 7) is 1.77. The largest absolute Gasteiger partial charge is 0.388 e. The number of benzene rings is 1. The van der Waals surface area contributed by atoms with Crippen molar-refractivity contribution in [1.82, 2.24) is 33.9 Å². The van der Waals surface area contributed by atoms with Gasteiger partial charge in [-0.05, 0) is 43.0 Å². The number of nitrogens with zero attached hydrogens (tertiary/aromatic N) is 7. The highest BCUT2D eigenvalue weighted by molar-refractivity contribution is 7.12. The second kappa shape index (κ2) is 12.3. The first kappa shape index (κ1) is 30.0. The molecule has 46 heavy (non-hydrogen) atoms. The van der Waals surface area contributed by atoms with Gasteiger partial charge >= 0.3 is 0 Å². The van der Waals surface area contributed by atoms with E-state index in [-0.39, 0.29) is 35.8 Å². The van der Waals surface area contributed by atoms with Gasteiger partial charge < -0.3 is 19.5 Å². The Hall–Kier alpha value is -4.68. The van der Waals surface area contributed by atoms with Gasteiger partial charge in [0, 0.05) is 74.6 Å². The first-order valence-corrected chi connectivity index (χ1v) is 16.4. The molecule has 0 spiro atoms. The molecule has 7 rings (SSSR count). The van der Waals surface area contributed by atoms with Crippen LogP contribution < -0.4 is 5.56 Å². The molecule has 2 aliphatic rings. The quantitative estimate of drug-likeness (QED) is 0.302. The molecule has 6 heterocycles. The second-order valence-electron chi connectivity index (χ2n) is 12.3. The Morgan fingerprint density at radius 3 is 2.61 bits per heavy atom. The van der Waals surface area contributed by atoms with E-state index in [0.29, 0.717) is 61.5 Å². The minimum absolute atomic E-state index is 0.0423. The number of fused-ring (bicyclic) bond motifs is 1. The van der Waals surface area contributed by atoms with Gasteiger partial charge in [-0.15, -0.1) is 11.3 Å². The molecule has 4 aromatic heterocycles. The van der Waals surface area contributed by atoms with Gasteiger partial charge in [0.1, 0.15) is 12.0 Å². The van der Waals surface area contributed by atoms with Crippen LogP contribution in [0.25, 0.3) is 22.3 Å². The minimum Gasteiger partial charge on any atom is -0.388 e. The molecule has 236 valence electrons. The van der Waals surface area contributed by atoms with Crippen LogP contribution in [0.2, 0.25) is 0 Å². The number of carbonyl (C=O) groups is 2. The predicted molar refractivity (Wildman–Crippen MR) is 174 cm³/mol. The molecular formula is C34H35N7O4S. The van der Waals surface area contributed by atoms with Crippen LogP contribution in [0.3, 0.4) is 0 Å². The van der Waals surface area contributed by atoms with Crippen LogP contribution in [0, 0.1) is 5.92 Å². The van der Waals surface area contributed by atoms with E-state index >= 15 is 0 Å². The van der Waals surface area contributed by atoms with Crippen LogP contribution in [-0.2, 0) is 18.4 Å². The fourth-order valence-corrected chi connectivity index (χ4v) is 7.56. The molecule has 0 unspecified atom stereocenters. The Kier molecular flexibility index (Phi) is 7.99. The summed E-state index contributed by atoms with van der Waals surface area (Å²) in [5, 5.41) is 14.3. The molecule has 2 atom stereocenters. The van der Waals surface area contributed by atoms with Crippen LogP contribution >= 0.6 is 11.3 Å². The maximum atomic E-state index is 14.1. The third-order valence-electron chi connectivity index (χ3n) is 9.41. The van der Waals surface area contributed by atoms with Gasteiger partial charge in [0.25, 0.3) is 11.5 Å². The van der Waals surface area contributed by atoms with E-state index in [9.17, 15) is 19.5 Å². The van der Waals surface area contributed by atoms with Gasteiger partial charge in [-0.2, -0.15) is 0 Å². The van der Waals surface area contributed by atoms with Crippen molar-refractivity contribution in [1.29, 1.82) is 0 Å². The van der Waals surface area contributed by atoms with Crippen molar-refractivity contribution in [3.8, 4) is 11.3 Å². The number of aromatic nitrogens is 5. The van der Waals surface area contributed by atoms with Crippen LogP contribution in [0.4, 0.5) is 0 Å². The Bertz CT molecular complexity index is 1930. The van der Waals surface area contributed by atoms with Crippen LogP contribution in [-0.4, -0.2) is 82.6 Å². The van der Waals surface area contributed by atoms with Crippen LogP contribution in [0.1, 0.15) is 40.5 Å². The molecule has 5 aromatic rings. The summed E-state index contributed by atoms with van der Waals surface area (Å²) in [5.41, 5.74) is 1.90. The molecule has 2 amide bonds. The summed E-state index contributed by atoms with van der Waals surface area (Å²) in [6.07, 6.45) is 7.96. The zero-order valence-electron chi connectivity index (χ0n) is 25.5. The number of rotatable bonds is 6. The summed E-state index contributed by atoms with van der Waals surface area (Å²) < 4.78 is 3.27. The van der Waals surface area contributed by atoms with Gasteiger partial charge in [-0.25, -0.2) is 9.97 Å². The van der Waals surface area contributed by atoms with Crippen LogP contribution in [0.5, 0.6) is 0 Å². The number of aryl methyl sites for hydroxylation is 1. The van der Waals surface area contributed by atoms with Crippen molar-refractivity contribution in [2.24, 2.45) is 13.0 Å². The first-order valence-electron chi connectivity index (χ1n) is 15.5. The van der Waals surface area contributed by atoms with E-state index in [1.165, 1.54) is 22.2 Å². The third-order valence-corrected chi connectivity index (χ3v) is 10.2. The van der Waals surface area contributed by atoms with E-state index < -0.39 is 5.60 Å². The summed E-state index contributed by atoms with van der Waals surface area (Å²) in [6, 6.07) is 15.4. The molecule has 0 bridgehead atoms. The Labute approximate surface area is 269 Å². The van der Waals surface area contributed by atoms with Crippen molar-refractivity contribution < 1.29 is 14.7 Å². The fraction of sp³-hybridized carbons (Fsp3) is 0.353. The second-order valence-corrected chi connectivity index (χ2v) is 13.2. The van der Waals surface area contributed by atoms with Crippen molar-refractivity contribution >= 4 is 34.2 Å². The zero-order valence-corrected chi connectivity index (χ0v) is 26.3. The van der Waals surface area contributed by atoms with E-state index in [1.54, 1.807) is 29.2 Å². The summed E-state index contributed by atoms with van der Waals surface area (Å²) in [5.74, 6) is -0.562. The van der Waals surface area contributed by atoms with E-state index in [2.05, 4.69) is 15.0 Å². The van der Waals surface area contributed by atoms with Gasteiger partial charge in [0.15, 0.2) is 5.01 Å². The first-order chi connectivity index (χ1) is 22.3. The molecule has 1 N–H and O–H groups in total. The number of hydrogen-bond donors (Lipinski definition) is 1. The molecule has 1 aromatic carbocycles. The molecule has 0 saturated carbocycles. The number of amides is 2. The van der Waals surface area contributed by atoms with Crippen molar-refractivity contribution in [3.05, 3.63) is 99.8 Å². The Balaban J connectivity index is 1.04. The number of thiazole rings is 1. The number of hydrogen-bond acceptors (Lipinski definition) is 8. The summed E-state index contributed by atoms with van der Waals surface area (Å²) in [4.78, 5) is 57.6. The number of piperidine rings is 2. The van der Waals surface area contributed by atoms with Crippen molar-refractivity contribution in [2.75, 3.05) is 26.2 Å². The van der Waals surface area contributed by atoms with Gasteiger partial charge in [-0.3, -0.25) is 23.9 Å². The molecule has 0 aliphatic carbocycles. The maximum Gasteiger partial charge on any atom is 0.282 e. The number of carbonyl (C=O) groups excluding carboxylic acids is 2. The van der Waals surface area contributed by atoms with E-state index in [4.69, 9.17) is 0 Å². The van der Waals surface area contributed by atoms with Crippen LogP contribution in [0.15, 0.2) is 83.6 Å². The molecule has 2 fully saturated rings. The molecule has 2 aliphatic heterocycles.